The Morgan fingerprint density at radius 2 is 0.921 bits per heavy atom. The largest absolute Gasteiger partial charge is 0.427 e. The fourth-order valence-corrected chi connectivity index (χ4v) is 2.88. The van der Waals surface area contributed by atoms with Crippen LogP contribution in [0.2, 0.25) is 0 Å². The van der Waals surface area contributed by atoms with E-state index in [0.717, 1.165) is 26.0 Å². The minimum atomic E-state index is -0.782. The van der Waals surface area contributed by atoms with Gasteiger partial charge in [0.1, 0.15) is 11.5 Å². The average Bonchev–Trinajstić information content (AvgIpc) is 2.85. The first kappa shape index (κ1) is 29.4. The maximum Gasteiger partial charge on any atom is 0.338 e. The average molecular weight is 523 g/mol. The lowest BCUT2D eigenvalue weighted by molar-refractivity contribution is -0.156. The van der Waals surface area contributed by atoms with Crippen molar-refractivity contribution in [2.24, 2.45) is 0 Å². The van der Waals surface area contributed by atoms with Crippen LogP contribution in [0.15, 0.2) is 60.7 Å². The molecule has 0 radical (unpaired) electrons. The quantitative estimate of drug-likeness (QED) is 0.140. The summed E-state index contributed by atoms with van der Waals surface area (Å²) >= 11 is 0. The Balaban J connectivity index is 1.67. The lowest BCUT2D eigenvalue weighted by Crippen LogP contribution is -2.10. The van der Waals surface area contributed by atoms with Crippen molar-refractivity contribution in [1.29, 1.82) is 0 Å². The molecule has 10 heteroatoms. The van der Waals surface area contributed by atoms with Gasteiger partial charge in [0.15, 0.2) is 0 Å². The Labute approximate surface area is 218 Å². The summed E-state index contributed by atoms with van der Waals surface area (Å²) in [5, 5.41) is 0. The van der Waals surface area contributed by atoms with E-state index in [1.165, 1.54) is 12.2 Å². The fourth-order valence-electron chi connectivity index (χ4n) is 2.88. The third-order valence-electron chi connectivity index (χ3n) is 4.55. The van der Waals surface area contributed by atoms with E-state index in [1.807, 2.05) is 0 Å². The molecule has 0 N–H and O–H groups in total. The zero-order valence-corrected chi connectivity index (χ0v) is 20.8. The number of carbonyl (C=O) groups excluding carboxylic acids is 6. The molecule has 10 nitrogen and oxygen atoms in total. The van der Waals surface area contributed by atoms with Crippen LogP contribution >= 0.6 is 0 Å². The molecule has 0 spiro atoms. The van der Waals surface area contributed by atoms with Gasteiger partial charge in [-0.1, -0.05) is 24.3 Å². The predicted octanol–water partition coefficient (Wildman–Crippen LogP) is 3.96. The molecule has 0 aliphatic carbocycles. The topological polar surface area (TPSA) is 139 Å². The van der Waals surface area contributed by atoms with Crippen molar-refractivity contribution in [2.75, 3.05) is 0 Å². The SMILES string of the molecule is CC(=O)OC(=O)/C=C/c1ccc(OC(=O)CCCCC(=O)Oc2ccc(/C=C/C(=O)OC(C)=O)cc2)cc1. The van der Waals surface area contributed by atoms with Gasteiger partial charge in [-0.2, -0.15) is 0 Å². The van der Waals surface area contributed by atoms with Gasteiger partial charge >= 0.3 is 35.8 Å². The van der Waals surface area contributed by atoms with Crippen molar-refractivity contribution >= 4 is 48.0 Å². The summed E-state index contributed by atoms with van der Waals surface area (Å²) in [6, 6.07) is 12.7. The predicted molar refractivity (Wildman–Crippen MR) is 134 cm³/mol. The van der Waals surface area contributed by atoms with Crippen LogP contribution in [0.1, 0.15) is 50.7 Å². The van der Waals surface area contributed by atoms with Crippen LogP contribution in [0.4, 0.5) is 0 Å². The third-order valence-corrected chi connectivity index (χ3v) is 4.55. The fraction of sp³-hybridized carbons (Fsp3) is 0.214. The van der Waals surface area contributed by atoms with Crippen molar-refractivity contribution in [3.63, 3.8) is 0 Å². The van der Waals surface area contributed by atoms with Crippen LogP contribution in [-0.4, -0.2) is 35.8 Å². The maximum atomic E-state index is 12.0. The normalized spacial score (nSPS) is 10.7. The lowest BCUT2D eigenvalue weighted by atomic mass is 10.2. The molecule has 38 heavy (non-hydrogen) atoms. The highest BCUT2D eigenvalue weighted by atomic mass is 16.6. The molecule has 0 fully saturated rings. The Hall–Kier alpha value is -4.86. The number of rotatable bonds is 11. The number of carbonyl (C=O) groups is 6. The van der Waals surface area contributed by atoms with E-state index in [4.69, 9.17) is 9.47 Å². The molecular formula is C28H26O10. The summed E-state index contributed by atoms with van der Waals surface area (Å²) in [5.41, 5.74) is 1.29. The first-order valence-corrected chi connectivity index (χ1v) is 11.5. The zero-order chi connectivity index (χ0) is 27.9. The van der Waals surface area contributed by atoms with E-state index < -0.39 is 35.8 Å². The molecule has 0 aliphatic heterocycles. The molecule has 2 aromatic carbocycles. The van der Waals surface area contributed by atoms with Gasteiger partial charge in [0, 0.05) is 38.8 Å². The molecule has 0 unspecified atom stereocenters. The number of hydrogen-bond donors (Lipinski definition) is 0. The molecule has 0 atom stereocenters. The lowest BCUT2D eigenvalue weighted by Gasteiger charge is -2.06. The number of benzene rings is 2. The van der Waals surface area contributed by atoms with Gasteiger partial charge in [-0.3, -0.25) is 19.2 Å². The second-order valence-electron chi connectivity index (χ2n) is 7.79. The summed E-state index contributed by atoms with van der Waals surface area (Å²) in [5.74, 6) is -3.22. The van der Waals surface area contributed by atoms with Crippen LogP contribution < -0.4 is 9.47 Å². The van der Waals surface area contributed by atoms with Crippen LogP contribution in [0, 0.1) is 0 Å². The van der Waals surface area contributed by atoms with Gasteiger partial charge in [0.25, 0.3) is 0 Å². The molecule has 198 valence electrons. The van der Waals surface area contributed by atoms with Crippen molar-refractivity contribution in [3.8, 4) is 11.5 Å². The number of hydrogen-bond acceptors (Lipinski definition) is 10. The third kappa shape index (κ3) is 12.2. The molecule has 0 aliphatic rings. The Morgan fingerprint density at radius 1 is 0.579 bits per heavy atom. The van der Waals surface area contributed by atoms with E-state index in [0.29, 0.717) is 35.5 Å². The minimum absolute atomic E-state index is 0.110. The second-order valence-corrected chi connectivity index (χ2v) is 7.79. The molecule has 0 aromatic heterocycles. The summed E-state index contributed by atoms with van der Waals surface area (Å²) in [4.78, 5) is 68.1. The number of esters is 6. The highest BCUT2D eigenvalue weighted by Gasteiger charge is 2.09. The molecule has 0 heterocycles. The number of unbranched alkanes of at least 4 members (excludes halogenated alkanes) is 1. The molecule has 0 saturated heterocycles. The second kappa shape index (κ2) is 15.3. The first-order valence-electron chi connectivity index (χ1n) is 11.5. The summed E-state index contributed by atoms with van der Waals surface area (Å²) in [7, 11) is 0. The van der Waals surface area contributed by atoms with Crippen molar-refractivity contribution in [2.45, 2.75) is 39.5 Å². The van der Waals surface area contributed by atoms with E-state index >= 15 is 0 Å². The van der Waals surface area contributed by atoms with Gasteiger partial charge in [-0.25, -0.2) is 9.59 Å². The van der Waals surface area contributed by atoms with Gasteiger partial charge in [0.2, 0.25) is 0 Å². The smallest absolute Gasteiger partial charge is 0.338 e. The monoisotopic (exact) mass is 522 g/mol. The molecule has 0 saturated carbocycles. The van der Waals surface area contributed by atoms with Crippen molar-refractivity contribution < 1.29 is 47.7 Å². The van der Waals surface area contributed by atoms with E-state index in [-0.39, 0.29) is 12.8 Å². The molecule has 0 bridgehead atoms. The molecule has 2 rings (SSSR count). The van der Waals surface area contributed by atoms with Crippen molar-refractivity contribution in [1.82, 2.24) is 0 Å². The first-order chi connectivity index (χ1) is 18.1. The summed E-state index contributed by atoms with van der Waals surface area (Å²) in [6.07, 6.45) is 6.20. The van der Waals surface area contributed by atoms with Crippen LogP contribution in [0.3, 0.4) is 0 Å². The summed E-state index contributed by atoms with van der Waals surface area (Å²) < 4.78 is 19.3. The standard InChI is InChI=1S/C28H26O10/c1-19(29)35-27(33)17-11-21-7-13-23(14-8-21)37-25(31)5-3-4-6-26(32)38-24-15-9-22(10-16-24)12-18-28(34)36-20(2)30/h7-18H,3-6H2,1-2H3/b17-11+,18-12+. The molecule has 2 aromatic rings. The van der Waals surface area contributed by atoms with Crippen molar-refractivity contribution in [3.05, 3.63) is 71.8 Å². The van der Waals surface area contributed by atoms with Crippen LogP contribution in [-0.2, 0) is 38.2 Å². The minimum Gasteiger partial charge on any atom is -0.427 e. The van der Waals surface area contributed by atoms with E-state index in [1.54, 1.807) is 48.5 Å². The van der Waals surface area contributed by atoms with Crippen LogP contribution in [0.5, 0.6) is 11.5 Å². The molecule has 0 amide bonds. The van der Waals surface area contributed by atoms with E-state index in [9.17, 15) is 28.8 Å². The molecular weight excluding hydrogens is 496 g/mol. The Morgan fingerprint density at radius 3 is 1.24 bits per heavy atom. The van der Waals surface area contributed by atoms with Gasteiger partial charge in [0.05, 0.1) is 0 Å². The van der Waals surface area contributed by atoms with Gasteiger partial charge in [-0.05, 0) is 60.4 Å². The zero-order valence-electron chi connectivity index (χ0n) is 20.8. The highest BCUT2D eigenvalue weighted by Crippen LogP contribution is 2.16. The highest BCUT2D eigenvalue weighted by molar-refractivity contribution is 5.94. The van der Waals surface area contributed by atoms with E-state index in [2.05, 4.69) is 9.47 Å². The number of ether oxygens (including phenoxy) is 4. The van der Waals surface area contributed by atoms with Gasteiger partial charge in [-0.15, -0.1) is 0 Å². The van der Waals surface area contributed by atoms with Gasteiger partial charge < -0.3 is 18.9 Å². The summed E-state index contributed by atoms with van der Waals surface area (Å²) in [6.45, 7) is 2.26. The maximum absolute atomic E-state index is 12.0. The van der Waals surface area contributed by atoms with Crippen LogP contribution in [0.25, 0.3) is 12.2 Å². The Kier molecular flexibility index (Phi) is 11.8. The Bertz CT molecular complexity index is 1120.